The topological polar surface area (TPSA) is 75.4 Å². The van der Waals surface area contributed by atoms with Gasteiger partial charge in [0.2, 0.25) is 5.91 Å². The zero-order valence-electron chi connectivity index (χ0n) is 10.2. The summed E-state index contributed by atoms with van der Waals surface area (Å²) in [6.45, 7) is 1.60. The highest BCUT2D eigenvalue weighted by molar-refractivity contribution is 5.98. The van der Waals surface area contributed by atoms with Crippen molar-refractivity contribution in [2.24, 2.45) is 5.73 Å². The summed E-state index contributed by atoms with van der Waals surface area (Å²) in [6, 6.07) is 6.18. The predicted molar refractivity (Wildman–Crippen MR) is 66.7 cm³/mol. The third-order valence-corrected chi connectivity index (χ3v) is 2.20. The fourth-order valence-electron chi connectivity index (χ4n) is 1.24. The molecule has 92 valence electrons. The predicted octanol–water partition coefficient (Wildman–Crippen LogP) is 0.674. The lowest BCUT2D eigenvalue weighted by molar-refractivity contribution is -0.117. The van der Waals surface area contributed by atoms with Gasteiger partial charge in [-0.15, -0.1) is 0 Å². The highest BCUT2D eigenvalue weighted by Crippen LogP contribution is 2.12. The minimum atomic E-state index is -0.580. The van der Waals surface area contributed by atoms with Gasteiger partial charge in [0, 0.05) is 25.3 Å². The highest BCUT2D eigenvalue weighted by Gasteiger charge is 2.11. The quantitative estimate of drug-likeness (QED) is 0.808. The Morgan fingerprint density at radius 3 is 2.53 bits per heavy atom. The van der Waals surface area contributed by atoms with Crippen LogP contribution in [0.15, 0.2) is 24.3 Å². The minimum absolute atomic E-state index is 0.109. The molecule has 0 aliphatic rings. The number of carbonyl (C=O) groups is 2. The molecule has 5 nitrogen and oxygen atoms in total. The summed E-state index contributed by atoms with van der Waals surface area (Å²) in [6.07, 6.45) is 0. The van der Waals surface area contributed by atoms with Gasteiger partial charge < -0.3 is 16.0 Å². The minimum Gasteiger partial charge on any atom is -0.345 e. The molecule has 0 saturated heterocycles. The van der Waals surface area contributed by atoms with Crippen molar-refractivity contribution in [2.75, 3.05) is 19.4 Å². The van der Waals surface area contributed by atoms with E-state index in [1.165, 1.54) is 4.90 Å². The standard InChI is InChI=1S/C12H17N3O2/c1-8(13)11(16)14-10-6-4-5-9(7-10)12(17)15(2)3/h4-8H,13H2,1-3H3,(H,14,16). The van der Waals surface area contributed by atoms with E-state index in [-0.39, 0.29) is 11.8 Å². The number of nitrogens with two attached hydrogens (primary N) is 1. The van der Waals surface area contributed by atoms with E-state index in [0.717, 1.165) is 0 Å². The van der Waals surface area contributed by atoms with Crippen LogP contribution in [0.5, 0.6) is 0 Å². The SMILES string of the molecule is CC(N)C(=O)Nc1cccc(C(=O)N(C)C)c1. The van der Waals surface area contributed by atoms with Crippen molar-refractivity contribution in [2.45, 2.75) is 13.0 Å². The van der Waals surface area contributed by atoms with Crippen molar-refractivity contribution >= 4 is 17.5 Å². The number of nitrogens with one attached hydrogen (secondary N) is 1. The summed E-state index contributed by atoms with van der Waals surface area (Å²) in [4.78, 5) is 24.6. The lowest BCUT2D eigenvalue weighted by Crippen LogP contribution is -2.32. The van der Waals surface area contributed by atoms with Gasteiger partial charge >= 0.3 is 0 Å². The van der Waals surface area contributed by atoms with E-state index >= 15 is 0 Å². The number of anilines is 1. The Balaban J connectivity index is 2.86. The van der Waals surface area contributed by atoms with Gasteiger partial charge in [0.15, 0.2) is 0 Å². The number of benzene rings is 1. The number of rotatable bonds is 3. The Bertz CT molecular complexity index is 428. The van der Waals surface area contributed by atoms with Crippen LogP contribution in [0.25, 0.3) is 0 Å². The summed E-state index contributed by atoms with van der Waals surface area (Å²) < 4.78 is 0. The molecule has 0 heterocycles. The third kappa shape index (κ3) is 3.57. The van der Waals surface area contributed by atoms with Crippen LogP contribution in [0, 0.1) is 0 Å². The zero-order valence-corrected chi connectivity index (χ0v) is 10.2. The summed E-state index contributed by atoms with van der Waals surface area (Å²) in [5.41, 5.74) is 6.54. The monoisotopic (exact) mass is 235 g/mol. The average molecular weight is 235 g/mol. The molecule has 0 bridgehead atoms. The number of nitrogens with zero attached hydrogens (tertiary/aromatic N) is 1. The number of carbonyl (C=O) groups excluding carboxylic acids is 2. The van der Waals surface area contributed by atoms with E-state index in [4.69, 9.17) is 5.73 Å². The summed E-state index contributed by atoms with van der Waals surface area (Å²) in [5.74, 6) is -0.388. The van der Waals surface area contributed by atoms with Crippen molar-refractivity contribution in [3.63, 3.8) is 0 Å². The molecule has 3 N–H and O–H groups in total. The fourth-order valence-corrected chi connectivity index (χ4v) is 1.24. The Morgan fingerprint density at radius 2 is 2.00 bits per heavy atom. The lowest BCUT2D eigenvalue weighted by Gasteiger charge is -2.12. The van der Waals surface area contributed by atoms with E-state index in [0.29, 0.717) is 11.3 Å². The second-order valence-electron chi connectivity index (χ2n) is 4.06. The van der Waals surface area contributed by atoms with Gasteiger partial charge in [-0.3, -0.25) is 9.59 Å². The first-order valence-corrected chi connectivity index (χ1v) is 5.30. The van der Waals surface area contributed by atoms with Crippen molar-refractivity contribution in [1.29, 1.82) is 0 Å². The molecule has 1 aromatic carbocycles. The summed E-state index contributed by atoms with van der Waals surface area (Å²) >= 11 is 0. The van der Waals surface area contributed by atoms with Gasteiger partial charge in [-0.2, -0.15) is 0 Å². The molecule has 2 amide bonds. The fraction of sp³-hybridized carbons (Fsp3) is 0.333. The van der Waals surface area contributed by atoms with Crippen LogP contribution in [0.2, 0.25) is 0 Å². The maximum absolute atomic E-state index is 11.7. The normalized spacial score (nSPS) is 11.8. The molecule has 0 fully saturated rings. The van der Waals surface area contributed by atoms with Crippen LogP contribution < -0.4 is 11.1 Å². The first-order chi connectivity index (χ1) is 7.91. The zero-order chi connectivity index (χ0) is 13.0. The lowest BCUT2D eigenvalue weighted by atomic mass is 10.1. The molecule has 5 heteroatoms. The van der Waals surface area contributed by atoms with Gasteiger partial charge in [-0.1, -0.05) is 6.07 Å². The first kappa shape index (κ1) is 13.2. The van der Waals surface area contributed by atoms with Crippen molar-refractivity contribution in [1.82, 2.24) is 4.90 Å². The number of hydrogen-bond acceptors (Lipinski definition) is 3. The van der Waals surface area contributed by atoms with Gasteiger partial charge in [0.05, 0.1) is 6.04 Å². The second kappa shape index (κ2) is 5.45. The Kier molecular flexibility index (Phi) is 4.23. The van der Waals surface area contributed by atoms with Crippen LogP contribution >= 0.6 is 0 Å². The third-order valence-electron chi connectivity index (χ3n) is 2.20. The molecule has 0 aromatic heterocycles. The van der Waals surface area contributed by atoms with E-state index in [1.807, 2.05) is 0 Å². The van der Waals surface area contributed by atoms with Gasteiger partial charge in [0.25, 0.3) is 5.91 Å². The van der Waals surface area contributed by atoms with Crippen LogP contribution in [0.3, 0.4) is 0 Å². The molecular weight excluding hydrogens is 218 g/mol. The summed E-state index contributed by atoms with van der Waals surface area (Å²) in [5, 5.41) is 2.64. The first-order valence-electron chi connectivity index (χ1n) is 5.30. The Morgan fingerprint density at radius 1 is 1.35 bits per heavy atom. The summed E-state index contributed by atoms with van der Waals surface area (Å²) in [7, 11) is 3.35. The molecule has 1 aromatic rings. The van der Waals surface area contributed by atoms with E-state index in [9.17, 15) is 9.59 Å². The Labute approximate surface area is 101 Å². The van der Waals surface area contributed by atoms with Crippen LogP contribution in [0.4, 0.5) is 5.69 Å². The number of hydrogen-bond donors (Lipinski definition) is 2. The van der Waals surface area contributed by atoms with Gasteiger partial charge in [0.1, 0.15) is 0 Å². The number of amides is 2. The molecule has 1 unspecified atom stereocenters. The molecule has 0 saturated carbocycles. The van der Waals surface area contributed by atoms with Crippen LogP contribution in [0.1, 0.15) is 17.3 Å². The molecular formula is C12H17N3O2. The van der Waals surface area contributed by atoms with E-state index in [2.05, 4.69) is 5.32 Å². The second-order valence-corrected chi connectivity index (χ2v) is 4.06. The Hall–Kier alpha value is -1.88. The maximum atomic E-state index is 11.7. The molecule has 0 spiro atoms. The van der Waals surface area contributed by atoms with Gasteiger partial charge in [-0.05, 0) is 25.1 Å². The molecule has 0 aliphatic carbocycles. The van der Waals surface area contributed by atoms with Crippen LogP contribution in [-0.2, 0) is 4.79 Å². The van der Waals surface area contributed by atoms with E-state index < -0.39 is 6.04 Å². The smallest absolute Gasteiger partial charge is 0.253 e. The van der Waals surface area contributed by atoms with Crippen molar-refractivity contribution in [3.05, 3.63) is 29.8 Å². The van der Waals surface area contributed by atoms with Gasteiger partial charge in [-0.25, -0.2) is 0 Å². The van der Waals surface area contributed by atoms with Crippen LogP contribution in [-0.4, -0.2) is 36.9 Å². The van der Waals surface area contributed by atoms with E-state index in [1.54, 1.807) is 45.3 Å². The van der Waals surface area contributed by atoms with Crippen molar-refractivity contribution < 1.29 is 9.59 Å². The molecule has 1 atom stereocenters. The maximum Gasteiger partial charge on any atom is 0.253 e. The highest BCUT2D eigenvalue weighted by atomic mass is 16.2. The molecule has 0 aliphatic heterocycles. The molecule has 1 rings (SSSR count). The average Bonchev–Trinajstić information content (AvgIpc) is 2.28. The largest absolute Gasteiger partial charge is 0.345 e. The molecule has 17 heavy (non-hydrogen) atoms. The van der Waals surface area contributed by atoms with Crippen molar-refractivity contribution in [3.8, 4) is 0 Å². The molecule has 0 radical (unpaired) electrons.